The molecule has 0 saturated heterocycles. The van der Waals surface area contributed by atoms with Gasteiger partial charge in [0.25, 0.3) is 0 Å². The molecule has 40 heavy (non-hydrogen) atoms. The standard InChI is InChI=1S/C36H55NO2S/c1-24(2)13-10-14-25(3)15-11-16-26(4)17-12-21-36(9)22-20-31-30(8)33(28(6)29(7)34(31)39-36)38-35(40)32-19-18-27(5)23-37-32/h18-19,23-26H,10-17,20-22H2,1-9H3/t25-,26-,36-/m1/s1. The van der Waals surface area contributed by atoms with Crippen molar-refractivity contribution in [3.05, 3.63) is 51.8 Å². The molecular formula is C36H55NO2S. The van der Waals surface area contributed by atoms with E-state index in [1.165, 1.54) is 56.9 Å². The number of nitrogens with zero attached hydrogens (tertiary/aromatic N) is 1. The molecule has 4 heteroatoms. The Balaban J connectivity index is 1.53. The predicted octanol–water partition coefficient (Wildman–Crippen LogP) is 10.6. The van der Waals surface area contributed by atoms with E-state index in [0.29, 0.717) is 10.7 Å². The summed E-state index contributed by atoms with van der Waals surface area (Å²) in [5, 5.41) is 0.418. The van der Waals surface area contributed by atoms with Crippen molar-refractivity contribution in [1.29, 1.82) is 0 Å². The lowest BCUT2D eigenvalue weighted by Crippen LogP contribution is -2.37. The number of thiocarbonyl (C=S) groups is 1. The second-order valence-electron chi connectivity index (χ2n) is 13.5. The molecule has 0 amide bonds. The maximum atomic E-state index is 6.82. The molecule has 0 saturated carbocycles. The zero-order valence-corrected chi connectivity index (χ0v) is 27.7. The van der Waals surface area contributed by atoms with Crippen LogP contribution in [0.15, 0.2) is 18.3 Å². The Bertz CT molecular complexity index is 1120. The summed E-state index contributed by atoms with van der Waals surface area (Å²) in [7, 11) is 0. The largest absolute Gasteiger partial charge is 0.487 e. The molecule has 0 aliphatic carbocycles. The van der Waals surface area contributed by atoms with Crippen LogP contribution in [-0.2, 0) is 6.42 Å². The summed E-state index contributed by atoms with van der Waals surface area (Å²) in [5.74, 6) is 4.43. The Morgan fingerprint density at radius 2 is 1.52 bits per heavy atom. The van der Waals surface area contributed by atoms with Crippen molar-refractivity contribution < 1.29 is 9.47 Å². The van der Waals surface area contributed by atoms with Crippen molar-refractivity contribution in [3.8, 4) is 11.5 Å². The van der Waals surface area contributed by atoms with E-state index in [2.05, 4.69) is 60.4 Å². The Morgan fingerprint density at radius 1 is 0.900 bits per heavy atom. The van der Waals surface area contributed by atoms with Gasteiger partial charge in [-0.05, 0) is 119 Å². The van der Waals surface area contributed by atoms with Crippen LogP contribution < -0.4 is 9.47 Å². The summed E-state index contributed by atoms with van der Waals surface area (Å²) >= 11 is 5.62. The highest BCUT2D eigenvalue weighted by Gasteiger charge is 2.34. The molecule has 0 unspecified atom stereocenters. The molecule has 2 heterocycles. The van der Waals surface area contributed by atoms with Crippen molar-refractivity contribution in [3.63, 3.8) is 0 Å². The minimum absolute atomic E-state index is 0.106. The summed E-state index contributed by atoms with van der Waals surface area (Å²) in [5.41, 5.74) is 6.37. The molecular weight excluding hydrogens is 510 g/mol. The van der Waals surface area contributed by atoms with Crippen molar-refractivity contribution in [2.45, 2.75) is 139 Å². The first-order valence-corrected chi connectivity index (χ1v) is 16.3. The minimum atomic E-state index is -0.106. The van der Waals surface area contributed by atoms with E-state index < -0.39 is 0 Å². The van der Waals surface area contributed by atoms with E-state index in [1.807, 2.05) is 25.3 Å². The van der Waals surface area contributed by atoms with E-state index in [9.17, 15) is 0 Å². The van der Waals surface area contributed by atoms with Crippen LogP contribution in [0.2, 0.25) is 0 Å². The van der Waals surface area contributed by atoms with Crippen LogP contribution in [-0.4, -0.2) is 15.6 Å². The van der Waals surface area contributed by atoms with Crippen LogP contribution in [0.4, 0.5) is 0 Å². The van der Waals surface area contributed by atoms with Gasteiger partial charge in [0.05, 0.1) is 0 Å². The normalized spacial score (nSPS) is 18.2. The maximum Gasteiger partial charge on any atom is 0.216 e. The van der Waals surface area contributed by atoms with Crippen LogP contribution in [0.1, 0.15) is 132 Å². The highest BCUT2D eigenvalue weighted by atomic mass is 32.1. The van der Waals surface area contributed by atoms with Gasteiger partial charge >= 0.3 is 0 Å². The average Bonchev–Trinajstić information content (AvgIpc) is 2.89. The molecule has 222 valence electrons. The lowest BCUT2D eigenvalue weighted by atomic mass is 9.83. The summed E-state index contributed by atoms with van der Waals surface area (Å²) in [6.07, 6.45) is 15.8. The molecule has 2 aromatic rings. The van der Waals surface area contributed by atoms with Crippen molar-refractivity contribution >= 4 is 17.3 Å². The van der Waals surface area contributed by atoms with Crippen LogP contribution >= 0.6 is 12.2 Å². The zero-order chi connectivity index (χ0) is 29.4. The van der Waals surface area contributed by atoms with Crippen LogP contribution in [0.25, 0.3) is 0 Å². The minimum Gasteiger partial charge on any atom is -0.487 e. The third kappa shape index (κ3) is 9.03. The van der Waals surface area contributed by atoms with Crippen molar-refractivity contribution in [2.24, 2.45) is 17.8 Å². The van der Waals surface area contributed by atoms with Crippen LogP contribution in [0.3, 0.4) is 0 Å². The van der Waals surface area contributed by atoms with Gasteiger partial charge in [-0.3, -0.25) is 4.98 Å². The first kappa shape index (κ1) is 32.6. The van der Waals surface area contributed by atoms with Crippen molar-refractivity contribution in [2.75, 3.05) is 0 Å². The molecule has 1 aromatic carbocycles. The molecule has 0 fully saturated rings. The molecule has 0 radical (unpaired) electrons. The third-order valence-electron chi connectivity index (χ3n) is 9.15. The second kappa shape index (κ2) is 14.8. The Hall–Kier alpha value is -1.94. The van der Waals surface area contributed by atoms with Gasteiger partial charge in [0, 0.05) is 11.8 Å². The number of benzene rings is 1. The monoisotopic (exact) mass is 565 g/mol. The molecule has 0 bridgehead atoms. The molecule has 0 spiro atoms. The lowest BCUT2D eigenvalue weighted by Gasteiger charge is -2.38. The second-order valence-corrected chi connectivity index (χ2v) is 13.9. The number of hydrogen-bond donors (Lipinski definition) is 0. The number of hydrogen-bond acceptors (Lipinski definition) is 4. The molecule has 3 atom stereocenters. The Labute approximate surface area is 250 Å². The van der Waals surface area contributed by atoms with E-state index in [1.54, 1.807) is 0 Å². The van der Waals surface area contributed by atoms with Gasteiger partial charge in [0.2, 0.25) is 5.05 Å². The summed E-state index contributed by atoms with van der Waals surface area (Å²) in [6, 6.07) is 3.94. The first-order chi connectivity index (χ1) is 18.9. The number of aromatic nitrogens is 1. The SMILES string of the molecule is Cc1ccc(C(=S)Oc2c(C)c(C)c3c(c2C)CC[C@@](C)(CCC[C@H](C)CCC[C@H](C)CCCC(C)C)O3)nc1. The number of fused-ring (bicyclic) bond motifs is 1. The summed E-state index contributed by atoms with van der Waals surface area (Å²) < 4.78 is 13.1. The quantitative estimate of drug-likeness (QED) is 0.213. The highest BCUT2D eigenvalue weighted by molar-refractivity contribution is 7.80. The fraction of sp³-hybridized carbons (Fsp3) is 0.667. The molecule has 1 aromatic heterocycles. The molecule has 3 rings (SSSR count). The van der Waals surface area contributed by atoms with Gasteiger partial charge in [-0.25, -0.2) is 0 Å². The van der Waals surface area contributed by atoms with E-state index >= 15 is 0 Å². The fourth-order valence-corrected chi connectivity index (χ4v) is 6.35. The first-order valence-electron chi connectivity index (χ1n) is 15.9. The van der Waals surface area contributed by atoms with E-state index in [0.717, 1.165) is 70.8 Å². The number of aryl methyl sites for hydroxylation is 1. The summed E-state index contributed by atoms with van der Waals surface area (Å²) in [4.78, 5) is 4.45. The van der Waals surface area contributed by atoms with Gasteiger partial charge in [0.15, 0.2) is 0 Å². The highest BCUT2D eigenvalue weighted by Crippen LogP contribution is 2.45. The maximum absolute atomic E-state index is 6.82. The van der Waals surface area contributed by atoms with Crippen molar-refractivity contribution in [1.82, 2.24) is 4.98 Å². The number of ether oxygens (including phenoxy) is 2. The topological polar surface area (TPSA) is 31.4 Å². The van der Waals surface area contributed by atoms with Crippen LogP contribution in [0, 0.1) is 45.4 Å². The Kier molecular flexibility index (Phi) is 12.1. The van der Waals surface area contributed by atoms with E-state index in [4.69, 9.17) is 21.7 Å². The predicted molar refractivity (Wildman–Crippen MR) is 174 cm³/mol. The van der Waals surface area contributed by atoms with Gasteiger partial charge in [-0.2, -0.15) is 0 Å². The van der Waals surface area contributed by atoms with Crippen LogP contribution in [0.5, 0.6) is 11.5 Å². The Morgan fingerprint density at radius 3 is 2.12 bits per heavy atom. The third-order valence-corrected chi connectivity index (χ3v) is 9.45. The molecule has 1 aliphatic heterocycles. The molecule has 1 aliphatic rings. The average molecular weight is 566 g/mol. The smallest absolute Gasteiger partial charge is 0.216 e. The lowest BCUT2D eigenvalue weighted by molar-refractivity contribution is 0.0512. The number of pyridine rings is 1. The van der Waals surface area contributed by atoms with Gasteiger partial charge in [-0.15, -0.1) is 0 Å². The van der Waals surface area contributed by atoms with Gasteiger partial charge < -0.3 is 9.47 Å². The number of rotatable bonds is 14. The molecule has 3 nitrogen and oxygen atoms in total. The molecule has 0 N–H and O–H groups in total. The fourth-order valence-electron chi connectivity index (χ4n) is 6.15. The van der Waals surface area contributed by atoms with Gasteiger partial charge in [0.1, 0.15) is 22.8 Å². The van der Waals surface area contributed by atoms with Gasteiger partial charge in [-0.1, -0.05) is 78.7 Å². The zero-order valence-electron chi connectivity index (χ0n) is 26.9. The summed E-state index contributed by atoms with van der Waals surface area (Å²) in [6.45, 7) is 20.3. The van der Waals surface area contributed by atoms with E-state index in [-0.39, 0.29) is 5.60 Å².